The highest BCUT2D eigenvalue weighted by atomic mass is 32.1. The Labute approximate surface area is 170 Å². The number of nitro groups is 1. The van der Waals surface area contributed by atoms with E-state index in [0.29, 0.717) is 43.8 Å². The zero-order valence-corrected chi connectivity index (χ0v) is 15.9. The van der Waals surface area contributed by atoms with Gasteiger partial charge in [0.15, 0.2) is 10.5 Å². The van der Waals surface area contributed by atoms with E-state index < -0.39 is 4.92 Å². The third kappa shape index (κ3) is 2.23. The molecule has 0 N–H and O–H groups in total. The molecule has 8 nitrogen and oxygen atoms in total. The van der Waals surface area contributed by atoms with Crippen molar-refractivity contribution in [3.8, 4) is 11.3 Å². The molecule has 0 aliphatic heterocycles. The Balaban J connectivity index is 1.82. The van der Waals surface area contributed by atoms with Gasteiger partial charge in [0.25, 0.3) is 11.2 Å². The van der Waals surface area contributed by atoms with Crippen LogP contribution in [-0.2, 0) is 0 Å². The van der Waals surface area contributed by atoms with E-state index in [9.17, 15) is 14.9 Å². The predicted octanol–water partition coefficient (Wildman–Crippen LogP) is 4.78. The van der Waals surface area contributed by atoms with Crippen molar-refractivity contribution >= 4 is 55.0 Å². The van der Waals surface area contributed by atoms with Crippen molar-refractivity contribution < 1.29 is 9.34 Å². The Morgan fingerprint density at radius 3 is 2.63 bits per heavy atom. The molecule has 2 aromatic carbocycles. The number of benzene rings is 2. The molecule has 6 aromatic rings. The van der Waals surface area contributed by atoms with E-state index in [1.54, 1.807) is 23.7 Å². The van der Waals surface area contributed by atoms with Crippen LogP contribution < -0.4 is 5.56 Å². The van der Waals surface area contributed by atoms with E-state index in [0.717, 1.165) is 5.39 Å². The summed E-state index contributed by atoms with van der Waals surface area (Å²) < 4.78 is 7.50. The third-order valence-electron chi connectivity index (χ3n) is 5.06. The first kappa shape index (κ1) is 16.8. The molecule has 30 heavy (non-hydrogen) atoms. The lowest BCUT2D eigenvalue weighted by Crippen LogP contribution is -2.14. The predicted molar refractivity (Wildman–Crippen MR) is 114 cm³/mol. The van der Waals surface area contributed by atoms with E-state index in [-0.39, 0.29) is 11.2 Å². The number of rotatable bonds is 2. The van der Waals surface area contributed by atoms with Crippen molar-refractivity contribution in [2.24, 2.45) is 0 Å². The van der Waals surface area contributed by atoms with Crippen LogP contribution >= 0.6 is 11.3 Å². The monoisotopic (exact) mass is 414 g/mol. The van der Waals surface area contributed by atoms with Crippen molar-refractivity contribution in [1.29, 1.82) is 0 Å². The number of nitro benzene ring substituents is 1. The largest absolute Gasteiger partial charge is 0.452 e. The van der Waals surface area contributed by atoms with Gasteiger partial charge >= 0.3 is 0 Å². The molecule has 0 amide bonds. The summed E-state index contributed by atoms with van der Waals surface area (Å²) >= 11 is 1.35. The molecule has 0 aliphatic carbocycles. The van der Waals surface area contributed by atoms with Gasteiger partial charge in [-0.3, -0.25) is 19.3 Å². The first-order valence-corrected chi connectivity index (χ1v) is 9.85. The lowest BCUT2D eigenvalue weighted by atomic mass is 10.1. The van der Waals surface area contributed by atoms with Crippen molar-refractivity contribution in [3.63, 3.8) is 0 Å². The van der Waals surface area contributed by atoms with Gasteiger partial charge < -0.3 is 4.42 Å². The Morgan fingerprint density at radius 2 is 1.83 bits per heavy atom. The summed E-state index contributed by atoms with van der Waals surface area (Å²) in [5, 5.41) is 13.9. The highest BCUT2D eigenvalue weighted by molar-refractivity contribution is 7.15. The number of non-ortho nitro benzene ring substituents is 1. The van der Waals surface area contributed by atoms with Gasteiger partial charge in [-0.15, -0.1) is 11.3 Å². The molecular formula is C21H10N4O4S. The Bertz CT molecular complexity index is 1700. The molecule has 0 fully saturated rings. The summed E-state index contributed by atoms with van der Waals surface area (Å²) in [5.41, 5.74) is 2.83. The SMILES string of the molecule is O=c1c2c(-c3ccc([N+](=O)[O-])cc3)nc3c4ccccc4oc3c2nc2sccn12. The summed E-state index contributed by atoms with van der Waals surface area (Å²) in [5.74, 6) is 0. The summed E-state index contributed by atoms with van der Waals surface area (Å²) in [4.78, 5) is 33.9. The van der Waals surface area contributed by atoms with Crippen LogP contribution in [0.2, 0.25) is 0 Å². The number of thiazole rings is 1. The minimum absolute atomic E-state index is 0.0343. The van der Waals surface area contributed by atoms with Gasteiger partial charge in [0.1, 0.15) is 16.6 Å². The Kier molecular flexibility index (Phi) is 3.33. The average Bonchev–Trinajstić information content (AvgIpc) is 3.38. The number of fused-ring (bicyclic) bond motifs is 6. The number of aromatic nitrogens is 3. The summed E-state index contributed by atoms with van der Waals surface area (Å²) in [6.45, 7) is 0. The fraction of sp³-hybridized carbons (Fsp3) is 0. The highest BCUT2D eigenvalue weighted by Crippen LogP contribution is 2.36. The molecule has 9 heteroatoms. The van der Waals surface area contributed by atoms with Gasteiger partial charge in [-0.1, -0.05) is 12.1 Å². The standard InChI is InChI=1S/C21H10N4O4S/c26-20-15-16(11-5-7-12(8-6-11)25(27)28)22-17-13-3-1-2-4-14(13)29-19(17)18(15)23-21-24(20)9-10-30-21/h1-10H. The molecule has 0 saturated heterocycles. The fourth-order valence-corrected chi connectivity index (χ4v) is 4.39. The Hall–Kier alpha value is -4.11. The van der Waals surface area contributed by atoms with Crippen LogP contribution in [-0.4, -0.2) is 19.3 Å². The number of hydrogen-bond donors (Lipinski definition) is 0. The average molecular weight is 414 g/mol. The van der Waals surface area contributed by atoms with Crippen LogP contribution in [0.3, 0.4) is 0 Å². The van der Waals surface area contributed by atoms with E-state index in [1.165, 1.54) is 27.9 Å². The van der Waals surface area contributed by atoms with Crippen LogP contribution in [0.25, 0.3) is 49.2 Å². The number of pyridine rings is 1. The topological polar surface area (TPSA) is 104 Å². The minimum atomic E-state index is -0.465. The van der Waals surface area contributed by atoms with Gasteiger partial charge in [0.05, 0.1) is 16.0 Å². The van der Waals surface area contributed by atoms with Crippen LogP contribution in [0.4, 0.5) is 5.69 Å². The van der Waals surface area contributed by atoms with Gasteiger partial charge in [-0.05, 0) is 24.3 Å². The lowest BCUT2D eigenvalue weighted by molar-refractivity contribution is -0.384. The van der Waals surface area contributed by atoms with Crippen LogP contribution in [0, 0.1) is 10.1 Å². The molecule has 0 spiro atoms. The highest BCUT2D eigenvalue weighted by Gasteiger charge is 2.21. The maximum atomic E-state index is 13.3. The second-order valence-electron chi connectivity index (χ2n) is 6.74. The molecular weight excluding hydrogens is 404 g/mol. The second-order valence-corrected chi connectivity index (χ2v) is 7.61. The quantitative estimate of drug-likeness (QED) is 0.298. The Morgan fingerprint density at radius 1 is 1.03 bits per heavy atom. The first-order chi connectivity index (χ1) is 14.6. The van der Waals surface area contributed by atoms with E-state index in [1.807, 2.05) is 24.3 Å². The molecule has 0 atom stereocenters. The van der Waals surface area contributed by atoms with E-state index in [2.05, 4.69) is 0 Å². The van der Waals surface area contributed by atoms with Crippen LogP contribution in [0.15, 0.2) is 69.3 Å². The maximum absolute atomic E-state index is 13.3. The van der Waals surface area contributed by atoms with Crippen LogP contribution in [0.5, 0.6) is 0 Å². The number of furan rings is 1. The van der Waals surface area contributed by atoms with Crippen LogP contribution in [0.1, 0.15) is 0 Å². The first-order valence-electron chi connectivity index (χ1n) is 8.97. The van der Waals surface area contributed by atoms with Crippen molar-refractivity contribution in [3.05, 3.63) is 80.6 Å². The summed E-state index contributed by atoms with van der Waals surface area (Å²) in [7, 11) is 0. The molecule has 0 unspecified atom stereocenters. The molecule has 0 radical (unpaired) electrons. The molecule has 0 bridgehead atoms. The molecule has 144 valence electrons. The van der Waals surface area contributed by atoms with Crippen molar-refractivity contribution in [1.82, 2.24) is 14.4 Å². The molecule has 4 heterocycles. The fourth-order valence-electron chi connectivity index (χ4n) is 3.68. The zero-order chi connectivity index (χ0) is 20.4. The van der Waals surface area contributed by atoms with E-state index >= 15 is 0 Å². The maximum Gasteiger partial charge on any atom is 0.269 e. The number of nitrogens with zero attached hydrogens (tertiary/aromatic N) is 4. The van der Waals surface area contributed by atoms with Gasteiger partial charge in [-0.2, -0.15) is 0 Å². The molecule has 0 aliphatic rings. The third-order valence-corrected chi connectivity index (χ3v) is 5.82. The number of para-hydroxylation sites is 1. The molecule has 4 aromatic heterocycles. The van der Waals surface area contributed by atoms with Gasteiger partial charge in [0, 0.05) is 34.7 Å². The van der Waals surface area contributed by atoms with E-state index in [4.69, 9.17) is 14.4 Å². The van der Waals surface area contributed by atoms with Gasteiger partial charge in [0.2, 0.25) is 0 Å². The summed E-state index contributed by atoms with van der Waals surface area (Å²) in [6.07, 6.45) is 1.66. The minimum Gasteiger partial charge on any atom is -0.452 e. The normalized spacial score (nSPS) is 11.7. The molecule has 6 rings (SSSR count). The number of hydrogen-bond acceptors (Lipinski definition) is 7. The smallest absolute Gasteiger partial charge is 0.269 e. The lowest BCUT2D eigenvalue weighted by Gasteiger charge is -2.07. The summed E-state index contributed by atoms with van der Waals surface area (Å²) in [6, 6.07) is 13.5. The van der Waals surface area contributed by atoms with Crippen molar-refractivity contribution in [2.45, 2.75) is 0 Å². The second kappa shape index (κ2) is 5.94. The molecule has 0 saturated carbocycles. The van der Waals surface area contributed by atoms with Gasteiger partial charge in [-0.25, -0.2) is 9.97 Å². The zero-order valence-electron chi connectivity index (χ0n) is 15.1. The van der Waals surface area contributed by atoms with Crippen molar-refractivity contribution in [2.75, 3.05) is 0 Å².